The first-order valence-electron chi connectivity index (χ1n) is 8.16. The Bertz CT molecular complexity index is 817. The molecule has 8 heteroatoms. The third-order valence-corrected chi connectivity index (χ3v) is 4.40. The van der Waals surface area contributed by atoms with Crippen molar-refractivity contribution >= 4 is 41.4 Å². The minimum absolute atomic E-state index is 0.0685. The van der Waals surface area contributed by atoms with E-state index in [1.807, 2.05) is 12.1 Å². The number of amides is 3. The highest BCUT2D eigenvalue weighted by Crippen LogP contribution is 2.23. The summed E-state index contributed by atoms with van der Waals surface area (Å²) in [5.41, 5.74) is 0.881. The molecule has 0 atom stereocenters. The summed E-state index contributed by atoms with van der Waals surface area (Å²) in [7, 11) is 0. The molecule has 0 radical (unpaired) electrons. The van der Waals surface area contributed by atoms with Crippen LogP contribution in [0.15, 0.2) is 45.9 Å². The molecule has 0 unspecified atom stereocenters. The molecule has 1 aliphatic heterocycles. The minimum atomic E-state index is -0.426. The van der Waals surface area contributed by atoms with Gasteiger partial charge in [0.2, 0.25) is 0 Å². The van der Waals surface area contributed by atoms with Crippen molar-refractivity contribution in [1.29, 1.82) is 0 Å². The number of benzene rings is 1. The molecular weight excluding hydrogens is 377 g/mol. The lowest BCUT2D eigenvalue weighted by molar-refractivity contribution is -0.125. The second-order valence-corrected chi connectivity index (χ2v) is 6.55. The van der Waals surface area contributed by atoms with Gasteiger partial charge in [0.15, 0.2) is 0 Å². The van der Waals surface area contributed by atoms with E-state index >= 15 is 0 Å². The Morgan fingerprint density at radius 3 is 2.62 bits per heavy atom. The van der Waals surface area contributed by atoms with E-state index in [2.05, 4.69) is 5.10 Å². The largest absolute Gasteiger partial charge is 0.455 e. The van der Waals surface area contributed by atoms with E-state index in [0.717, 1.165) is 17.0 Å². The van der Waals surface area contributed by atoms with Crippen molar-refractivity contribution < 1.29 is 14.0 Å². The van der Waals surface area contributed by atoms with Crippen molar-refractivity contribution in [2.75, 3.05) is 19.0 Å². The summed E-state index contributed by atoms with van der Waals surface area (Å²) in [5, 5.41) is 5.86. The SMILES string of the molecule is O=C1CN(/N=C/c2ccc(-c3ccc(Cl)cc3)o2)C(=O)N1CCCCCl. The zero-order chi connectivity index (χ0) is 18.5. The minimum Gasteiger partial charge on any atom is -0.455 e. The first kappa shape index (κ1) is 18.5. The van der Waals surface area contributed by atoms with Crippen molar-refractivity contribution in [2.45, 2.75) is 12.8 Å². The molecule has 136 valence electrons. The fourth-order valence-corrected chi connectivity index (χ4v) is 2.84. The van der Waals surface area contributed by atoms with Crippen LogP contribution in [-0.4, -0.2) is 47.0 Å². The number of carbonyl (C=O) groups excluding carboxylic acids is 2. The van der Waals surface area contributed by atoms with Gasteiger partial charge in [-0.3, -0.25) is 9.69 Å². The van der Waals surface area contributed by atoms with Crippen LogP contribution >= 0.6 is 23.2 Å². The number of unbranched alkanes of at least 4 members (excludes halogenated alkanes) is 1. The number of imide groups is 1. The molecule has 1 aromatic heterocycles. The fourth-order valence-electron chi connectivity index (χ4n) is 2.52. The van der Waals surface area contributed by atoms with Crippen LogP contribution in [0.25, 0.3) is 11.3 Å². The van der Waals surface area contributed by atoms with Gasteiger partial charge in [-0.2, -0.15) is 5.10 Å². The Balaban J connectivity index is 1.64. The Kier molecular flexibility index (Phi) is 5.96. The summed E-state index contributed by atoms with van der Waals surface area (Å²) in [4.78, 5) is 25.4. The number of hydrazone groups is 1. The van der Waals surface area contributed by atoms with Crippen LogP contribution in [0.4, 0.5) is 4.79 Å². The lowest BCUT2D eigenvalue weighted by Crippen LogP contribution is -2.32. The predicted molar refractivity (Wildman–Crippen MR) is 101 cm³/mol. The molecular formula is C18H17Cl2N3O3. The lowest BCUT2D eigenvalue weighted by atomic mass is 10.2. The summed E-state index contributed by atoms with van der Waals surface area (Å²) in [6.45, 7) is 0.291. The van der Waals surface area contributed by atoms with Gasteiger partial charge in [0.1, 0.15) is 18.1 Å². The molecule has 0 N–H and O–H groups in total. The van der Waals surface area contributed by atoms with E-state index in [1.165, 1.54) is 11.1 Å². The van der Waals surface area contributed by atoms with Gasteiger partial charge in [-0.05, 0) is 49.2 Å². The van der Waals surface area contributed by atoms with E-state index < -0.39 is 6.03 Å². The Hall–Kier alpha value is -2.31. The summed E-state index contributed by atoms with van der Waals surface area (Å²) in [6.07, 6.45) is 2.86. The van der Waals surface area contributed by atoms with Crippen LogP contribution in [0.5, 0.6) is 0 Å². The number of urea groups is 1. The maximum atomic E-state index is 12.2. The molecule has 26 heavy (non-hydrogen) atoms. The normalized spacial score (nSPS) is 14.8. The van der Waals surface area contributed by atoms with E-state index in [4.69, 9.17) is 27.6 Å². The summed E-state index contributed by atoms with van der Waals surface area (Å²) < 4.78 is 5.69. The number of nitrogens with zero attached hydrogens (tertiary/aromatic N) is 3. The Morgan fingerprint density at radius 1 is 1.12 bits per heavy atom. The van der Waals surface area contributed by atoms with Crippen LogP contribution in [-0.2, 0) is 4.79 Å². The molecule has 0 aliphatic carbocycles. The van der Waals surface area contributed by atoms with Crippen LogP contribution < -0.4 is 0 Å². The van der Waals surface area contributed by atoms with E-state index in [-0.39, 0.29) is 12.5 Å². The monoisotopic (exact) mass is 393 g/mol. The molecule has 0 saturated carbocycles. The second kappa shape index (κ2) is 8.38. The van der Waals surface area contributed by atoms with Gasteiger partial charge < -0.3 is 4.42 Å². The number of carbonyl (C=O) groups is 2. The van der Waals surface area contributed by atoms with Gasteiger partial charge in [0.25, 0.3) is 5.91 Å². The number of furan rings is 1. The van der Waals surface area contributed by atoms with Crippen molar-refractivity contribution in [3.63, 3.8) is 0 Å². The molecule has 3 rings (SSSR count). The number of alkyl halides is 1. The highest BCUT2D eigenvalue weighted by Gasteiger charge is 2.35. The van der Waals surface area contributed by atoms with Crippen molar-refractivity contribution in [2.24, 2.45) is 5.10 Å². The molecule has 6 nitrogen and oxygen atoms in total. The van der Waals surface area contributed by atoms with E-state index in [9.17, 15) is 9.59 Å². The van der Waals surface area contributed by atoms with Crippen molar-refractivity contribution in [1.82, 2.24) is 9.91 Å². The lowest BCUT2D eigenvalue weighted by Gasteiger charge is -2.12. The first-order valence-corrected chi connectivity index (χ1v) is 9.07. The van der Waals surface area contributed by atoms with E-state index in [0.29, 0.717) is 35.4 Å². The van der Waals surface area contributed by atoms with Crippen molar-refractivity contribution in [3.8, 4) is 11.3 Å². The Morgan fingerprint density at radius 2 is 1.88 bits per heavy atom. The molecule has 1 aromatic carbocycles. The zero-order valence-corrected chi connectivity index (χ0v) is 15.4. The fraction of sp³-hybridized carbons (Fsp3) is 0.278. The molecule has 1 aliphatic rings. The number of rotatable bonds is 7. The average Bonchev–Trinajstić information content (AvgIpc) is 3.20. The van der Waals surface area contributed by atoms with Gasteiger partial charge in [0.05, 0.1) is 6.21 Å². The summed E-state index contributed by atoms with van der Waals surface area (Å²) in [6, 6.07) is 10.4. The average molecular weight is 394 g/mol. The predicted octanol–water partition coefficient (Wildman–Crippen LogP) is 4.22. The van der Waals surface area contributed by atoms with Crippen molar-refractivity contribution in [3.05, 3.63) is 47.2 Å². The number of hydrogen-bond donors (Lipinski definition) is 0. The molecule has 2 aromatic rings. The maximum absolute atomic E-state index is 12.2. The third-order valence-electron chi connectivity index (χ3n) is 3.88. The van der Waals surface area contributed by atoms with Gasteiger partial charge in [-0.1, -0.05) is 11.6 Å². The van der Waals surface area contributed by atoms with Gasteiger partial charge in [0, 0.05) is 23.0 Å². The summed E-state index contributed by atoms with van der Waals surface area (Å²) >= 11 is 11.5. The zero-order valence-electron chi connectivity index (χ0n) is 13.9. The standard InChI is InChI=1S/C18H17Cl2N3O3/c19-9-1-2-10-22-17(24)12-23(18(22)25)21-11-15-7-8-16(26-15)13-3-5-14(20)6-4-13/h3-8,11H,1-2,9-10,12H2/b21-11+. The van der Waals surface area contributed by atoms with Gasteiger partial charge in [-0.15, -0.1) is 11.6 Å². The molecule has 2 heterocycles. The highest BCUT2D eigenvalue weighted by molar-refractivity contribution is 6.30. The second-order valence-electron chi connectivity index (χ2n) is 5.74. The molecule has 1 saturated heterocycles. The Labute approximate surface area is 161 Å². The third kappa shape index (κ3) is 4.26. The van der Waals surface area contributed by atoms with Crippen LogP contribution in [0.3, 0.4) is 0 Å². The first-order chi connectivity index (χ1) is 12.6. The molecule has 1 fully saturated rings. The maximum Gasteiger partial charge on any atom is 0.347 e. The van der Waals surface area contributed by atoms with Gasteiger partial charge in [-0.25, -0.2) is 9.80 Å². The van der Waals surface area contributed by atoms with Crippen LogP contribution in [0, 0.1) is 0 Å². The van der Waals surface area contributed by atoms with Gasteiger partial charge >= 0.3 is 6.03 Å². The van der Waals surface area contributed by atoms with E-state index in [1.54, 1.807) is 24.3 Å². The molecule has 3 amide bonds. The topological polar surface area (TPSA) is 66.1 Å². The smallest absolute Gasteiger partial charge is 0.347 e. The summed E-state index contributed by atoms with van der Waals surface area (Å²) in [5.74, 6) is 1.39. The van der Waals surface area contributed by atoms with Crippen LogP contribution in [0.1, 0.15) is 18.6 Å². The highest BCUT2D eigenvalue weighted by atomic mass is 35.5. The molecule has 0 bridgehead atoms. The number of hydrogen-bond acceptors (Lipinski definition) is 4. The number of halogens is 2. The molecule has 0 spiro atoms. The van der Waals surface area contributed by atoms with Crippen LogP contribution in [0.2, 0.25) is 5.02 Å². The quantitative estimate of drug-likeness (QED) is 0.306.